The Balaban J connectivity index is 1.67. The number of benzene rings is 1. The van der Waals surface area contributed by atoms with Crippen LogP contribution in [-0.2, 0) is 22.4 Å². The molecule has 7 heteroatoms. The van der Waals surface area contributed by atoms with Crippen LogP contribution in [0.25, 0.3) is 6.08 Å². The Morgan fingerprint density at radius 2 is 2.17 bits per heavy atom. The van der Waals surface area contributed by atoms with Gasteiger partial charge in [-0.05, 0) is 61.1 Å². The molecule has 1 aliphatic carbocycles. The summed E-state index contributed by atoms with van der Waals surface area (Å²) in [7, 11) is 1.36. The smallest absolute Gasteiger partial charge is 0.341 e. The molecule has 1 unspecified atom stereocenters. The molecule has 0 spiro atoms. The second-order valence-electron chi connectivity index (χ2n) is 7.20. The number of hydrogen-bond donors (Lipinski definition) is 1. The molecule has 1 aromatic carbocycles. The van der Waals surface area contributed by atoms with E-state index in [0.717, 1.165) is 29.7 Å². The molecule has 1 aromatic heterocycles. The Morgan fingerprint density at radius 3 is 2.97 bits per heavy atom. The number of thiophene rings is 1. The van der Waals surface area contributed by atoms with Crippen LogP contribution in [-0.4, -0.2) is 19.0 Å². The van der Waals surface area contributed by atoms with Crippen molar-refractivity contribution in [2.45, 2.75) is 26.2 Å². The minimum absolute atomic E-state index is 0.325. The highest BCUT2D eigenvalue weighted by molar-refractivity contribution is 7.17. The third-order valence-electron chi connectivity index (χ3n) is 5.12. The Bertz CT molecular complexity index is 1050. The van der Waals surface area contributed by atoms with Gasteiger partial charge in [0, 0.05) is 21.0 Å². The quantitative estimate of drug-likeness (QED) is 0.677. The van der Waals surface area contributed by atoms with Crippen LogP contribution in [0.3, 0.4) is 0 Å². The van der Waals surface area contributed by atoms with Crippen molar-refractivity contribution in [3.63, 3.8) is 0 Å². The third kappa shape index (κ3) is 3.95. The van der Waals surface area contributed by atoms with Gasteiger partial charge in [0.25, 0.3) is 5.91 Å². The largest absolute Gasteiger partial charge is 0.465 e. The molecule has 0 radical (unpaired) electrons. The Morgan fingerprint density at radius 1 is 1.34 bits per heavy atom. The minimum atomic E-state index is -0.418. The molecular formula is C22H20ClNO4S. The Labute approximate surface area is 178 Å². The van der Waals surface area contributed by atoms with Gasteiger partial charge in [-0.1, -0.05) is 18.5 Å². The van der Waals surface area contributed by atoms with Crippen LogP contribution in [0.2, 0.25) is 5.02 Å². The zero-order chi connectivity index (χ0) is 20.5. The number of amides is 1. The van der Waals surface area contributed by atoms with Crippen molar-refractivity contribution >= 4 is 45.9 Å². The second-order valence-corrected chi connectivity index (χ2v) is 8.75. The molecule has 1 N–H and O–H groups in total. The van der Waals surface area contributed by atoms with Gasteiger partial charge in [0.15, 0.2) is 0 Å². The van der Waals surface area contributed by atoms with Crippen LogP contribution in [0.4, 0.5) is 5.00 Å². The highest BCUT2D eigenvalue weighted by atomic mass is 35.5. The lowest BCUT2D eigenvalue weighted by molar-refractivity contribution is -0.112. The van der Waals surface area contributed by atoms with Crippen LogP contribution in [0, 0.1) is 5.92 Å². The average Bonchev–Trinajstić information content (AvgIpc) is 2.90. The summed E-state index contributed by atoms with van der Waals surface area (Å²) in [6.45, 7) is 2.20. The molecule has 1 aliphatic heterocycles. The molecular weight excluding hydrogens is 410 g/mol. The summed E-state index contributed by atoms with van der Waals surface area (Å²) in [5.74, 6) is 0.429. The van der Waals surface area contributed by atoms with Gasteiger partial charge in [0.05, 0.1) is 18.9 Å². The number of ether oxygens (including phenoxy) is 2. The highest BCUT2D eigenvalue weighted by Gasteiger charge is 2.29. The molecule has 4 rings (SSSR count). The van der Waals surface area contributed by atoms with Crippen molar-refractivity contribution < 1.29 is 19.1 Å². The molecule has 5 nitrogen and oxygen atoms in total. The van der Waals surface area contributed by atoms with Crippen molar-refractivity contribution in [3.05, 3.63) is 62.7 Å². The monoisotopic (exact) mass is 429 g/mol. The van der Waals surface area contributed by atoms with E-state index in [0.29, 0.717) is 38.4 Å². The summed E-state index contributed by atoms with van der Waals surface area (Å²) in [5, 5.41) is 4.00. The van der Waals surface area contributed by atoms with E-state index < -0.39 is 5.97 Å². The maximum Gasteiger partial charge on any atom is 0.341 e. The molecule has 1 amide bonds. The predicted octanol–water partition coefficient (Wildman–Crippen LogP) is 5.24. The molecule has 29 heavy (non-hydrogen) atoms. The number of carbonyl (C=O) groups excluding carboxylic acids is 2. The molecule has 0 saturated carbocycles. The number of nitrogens with one attached hydrogen (secondary N) is 1. The topological polar surface area (TPSA) is 64.6 Å². The molecule has 2 aromatic rings. The van der Waals surface area contributed by atoms with Gasteiger partial charge in [-0.25, -0.2) is 4.79 Å². The standard InChI is InChI=1S/C22H20ClNO4S/c1-12-3-5-16-18(9-12)29-21(19(16)22(26)27-2)24-20(25)13-7-8-28-17-6-4-15(23)11-14(17)10-13/h4,6-8,10-12H,3,5,9H2,1-2H3,(H,24,25). The van der Waals surface area contributed by atoms with E-state index in [9.17, 15) is 9.59 Å². The Hall–Kier alpha value is -2.57. The van der Waals surface area contributed by atoms with E-state index >= 15 is 0 Å². The molecule has 1 atom stereocenters. The summed E-state index contributed by atoms with van der Waals surface area (Å²) in [5.41, 5.74) is 2.59. The first kappa shape index (κ1) is 19.7. The zero-order valence-corrected chi connectivity index (χ0v) is 17.7. The maximum absolute atomic E-state index is 13.0. The number of anilines is 1. The minimum Gasteiger partial charge on any atom is -0.465 e. The van der Waals surface area contributed by atoms with Gasteiger partial charge >= 0.3 is 5.97 Å². The summed E-state index contributed by atoms with van der Waals surface area (Å²) in [6.07, 6.45) is 7.51. The maximum atomic E-state index is 13.0. The Kier molecular flexibility index (Phi) is 5.48. The van der Waals surface area contributed by atoms with Crippen LogP contribution in [0.15, 0.2) is 36.1 Å². The van der Waals surface area contributed by atoms with Crippen molar-refractivity contribution in [2.24, 2.45) is 5.92 Å². The molecule has 0 bridgehead atoms. The first-order valence-corrected chi connectivity index (χ1v) is 10.5. The number of carbonyl (C=O) groups is 2. The average molecular weight is 430 g/mol. The van der Waals surface area contributed by atoms with E-state index in [1.807, 2.05) is 0 Å². The number of rotatable bonds is 3. The number of halogens is 1. The molecule has 0 fully saturated rings. The van der Waals surface area contributed by atoms with Crippen LogP contribution in [0.1, 0.15) is 39.7 Å². The van der Waals surface area contributed by atoms with Crippen molar-refractivity contribution in [1.29, 1.82) is 0 Å². The summed E-state index contributed by atoms with van der Waals surface area (Å²) in [4.78, 5) is 26.6. The fraction of sp³-hybridized carbons (Fsp3) is 0.273. The van der Waals surface area contributed by atoms with Crippen LogP contribution >= 0.6 is 22.9 Å². The molecule has 2 aliphatic rings. The third-order valence-corrected chi connectivity index (χ3v) is 6.52. The normalized spacial score (nSPS) is 17.3. The summed E-state index contributed by atoms with van der Waals surface area (Å²) >= 11 is 7.53. The lowest BCUT2D eigenvalue weighted by Gasteiger charge is -2.18. The highest BCUT2D eigenvalue weighted by Crippen LogP contribution is 2.40. The summed E-state index contributed by atoms with van der Waals surface area (Å²) < 4.78 is 10.5. The van der Waals surface area contributed by atoms with E-state index in [2.05, 4.69) is 12.2 Å². The predicted molar refractivity (Wildman–Crippen MR) is 115 cm³/mol. The van der Waals surface area contributed by atoms with Crippen molar-refractivity contribution in [2.75, 3.05) is 12.4 Å². The van der Waals surface area contributed by atoms with E-state index in [1.54, 1.807) is 30.4 Å². The van der Waals surface area contributed by atoms with Gasteiger partial charge in [-0.3, -0.25) is 4.79 Å². The lowest BCUT2D eigenvalue weighted by Crippen LogP contribution is -2.16. The fourth-order valence-electron chi connectivity index (χ4n) is 3.61. The van der Waals surface area contributed by atoms with Crippen LogP contribution in [0.5, 0.6) is 5.75 Å². The van der Waals surface area contributed by atoms with E-state index in [1.165, 1.54) is 24.7 Å². The molecule has 0 saturated heterocycles. The first-order chi connectivity index (χ1) is 14.0. The SMILES string of the molecule is COC(=O)c1c(NC(=O)C2=Cc3cc(Cl)ccc3OC=C2)sc2c1CCC(C)C2. The number of esters is 1. The second kappa shape index (κ2) is 8.05. The number of hydrogen-bond acceptors (Lipinski definition) is 5. The van der Waals surface area contributed by atoms with E-state index in [4.69, 9.17) is 21.1 Å². The van der Waals surface area contributed by atoms with Crippen LogP contribution < -0.4 is 10.1 Å². The zero-order valence-electron chi connectivity index (χ0n) is 16.1. The molecule has 2 heterocycles. The van der Waals surface area contributed by atoms with Gasteiger partial charge in [-0.2, -0.15) is 0 Å². The summed E-state index contributed by atoms with van der Waals surface area (Å²) in [6, 6.07) is 5.22. The number of fused-ring (bicyclic) bond motifs is 2. The number of methoxy groups -OCH3 is 1. The van der Waals surface area contributed by atoms with Gasteiger partial charge < -0.3 is 14.8 Å². The van der Waals surface area contributed by atoms with Crippen molar-refractivity contribution in [1.82, 2.24) is 0 Å². The molecule has 150 valence electrons. The van der Waals surface area contributed by atoms with Gasteiger partial charge in [-0.15, -0.1) is 11.3 Å². The van der Waals surface area contributed by atoms with Gasteiger partial charge in [0.1, 0.15) is 10.8 Å². The fourth-order valence-corrected chi connectivity index (χ4v) is 5.18. The van der Waals surface area contributed by atoms with E-state index in [-0.39, 0.29) is 5.91 Å². The lowest BCUT2D eigenvalue weighted by atomic mass is 9.88. The first-order valence-electron chi connectivity index (χ1n) is 9.35. The van der Waals surface area contributed by atoms with Crippen molar-refractivity contribution in [3.8, 4) is 5.75 Å². The van der Waals surface area contributed by atoms with Gasteiger partial charge in [0.2, 0.25) is 0 Å².